The molecule has 0 aromatic heterocycles. The fraction of sp³-hybridized carbons (Fsp3) is 0.286. The van der Waals surface area contributed by atoms with Gasteiger partial charge in [0.1, 0.15) is 12.1 Å². The van der Waals surface area contributed by atoms with Gasteiger partial charge in [0.2, 0.25) is 0 Å². The second kappa shape index (κ2) is 13.0. The van der Waals surface area contributed by atoms with Gasteiger partial charge in [0.15, 0.2) is 0 Å². The van der Waals surface area contributed by atoms with Gasteiger partial charge in [0, 0.05) is 24.2 Å². The minimum atomic E-state index is -0.617. The van der Waals surface area contributed by atoms with Gasteiger partial charge in [-0.05, 0) is 72.5 Å². The molecule has 5 nitrogen and oxygen atoms in total. The molecule has 2 amide bonds. The fourth-order valence-electron chi connectivity index (χ4n) is 3.87. The predicted octanol–water partition coefficient (Wildman–Crippen LogP) is 6.38. The van der Waals surface area contributed by atoms with Crippen LogP contribution < -0.4 is 15.5 Å². The zero-order valence-corrected chi connectivity index (χ0v) is 21.2. The molecule has 1 unspecified atom stereocenters. The molecule has 1 atom stereocenters. The maximum absolute atomic E-state index is 14.9. The number of anilines is 2. The highest BCUT2D eigenvalue weighted by Crippen LogP contribution is 2.32. The Hall–Kier alpha value is -3.32. The monoisotopic (exact) mass is 493 g/mol. The second-order valence-corrected chi connectivity index (χ2v) is 9.17. The van der Waals surface area contributed by atoms with Gasteiger partial charge in [-0.3, -0.25) is 0 Å². The topological polar surface area (TPSA) is 61.4 Å². The van der Waals surface area contributed by atoms with Crippen LogP contribution in [0.2, 0.25) is 0 Å². The van der Waals surface area contributed by atoms with Gasteiger partial charge in [-0.1, -0.05) is 43.3 Å². The SMILES string of the molecule is CCc1ccc(NC(=O)NC(C=O)CCCN(C)c2ccc(-c3ccccc3SC)cc2F)cc1. The Morgan fingerprint density at radius 1 is 1.11 bits per heavy atom. The number of benzene rings is 3. The number of nitrogens with zero attached hydrogens (tertiary/aromatic N) is 1. The first-order chi connectivity index (χ1) is 16.9. The van der Waals surface area contributed by atoms with Crippen molar-refractivity contribution in [2.75, 3.05) is 30.1 Å². The van der Waals surface area contributed by atoms with Crippen molar-refractivity contribution in [3.05, 3.63) is 78.1 Å². The number of amides is 2. The summed E-state index contributed by atoms with van der Waals surface area (Å²) in [6, 6.07) is 19.8. The van der Waals surface area contributed by atoms with Gasteiger partial charge < -0.3 is 20.3 Å². The van der Waals surface area contributed by atoms with Crippen LogP contribution in [0.1, 0.15) is 25.3 Å². The molecule has 0 saturated heterocycles. The average molecular weight is 494 g/mol. The molecule has 0 aliphatic rings. The van der Waals surface area contributed by atoms with Gasteiger partial charge in [0.25, 0.3) is 0 Å². The van der Waals surface area contributed by atoms with Gasteiger partial charge >= 0.3 is 6.03 Å². The van der Waals surface area contributed by atoms with Gasteiger partial charge in [0.05, 0.1) is 11.7 Å². The van der Waals surface area contributed by atoms with Crippen LogP contribution in [0.15, 0.2) is 71.6 Å². The standard InChI is InChI=1S/C28H32FN3O2S/c1-4-20-11-14-22(15-12-20)30-28(34)31-23(19-33)8-7-17-32(2)26-16-13-21(18-25(26)29)24-9-5-6-10-27(24)35-3/h5-6,9-16,18-19,23H,4,7-8,17H2,1-3H3,(H2,30,31,34). The summed E-state index contributed by atoms with van der Waals surface area (Å²) in [5, 5.41) is 5.44. The molecule has 0 fully saturated rings. The van der Waals surface area contributed by atoms with Crippen LogP contribution in [0.3, 0.4) is 0 Å². The number of carbonyl (C=O) groups excluding carboxylic acids is 2. The van der Waals surface area contributed by atoms with E-state index in [0.29, 0.717) is 30.8 Å². The molecular weight excluding hydrogens is 461 g/mol. The summed E-state index contributed by atoms with van der Waals surface area (Å²) in [7, 11) is 1.82. The highest BCUT2D eigenvalue weighted by atomic mass is 32.2. The van der Waals surface area contributed by atoms with Crippen molar-refractivity contribution in [3.63, 3.8) is 0 Å². The third kappa shape index (κ3) is 7.33. The zero-order valence-electron chi connectivity index (χ0n) is 20.4. The van der Waals surface area contributed by atoms with Crippen LogP contribution in [0.5, 0.6) is 0 Å². The summed E-state index contributed by atoms with van der Waals surface area (Å²) < 4.78 is 14.9. The quantitative estimate of drug-likeness (QED) is 0.240. The highest BCUT2D eigenvalue weighted by Gasteiger charge is 2.14. The van der Waals surface area contributed by atoms with Crippen molar-refractivity contribution < 1.29 is 14.0 Å². The summed E-state index contributed by atoms with van der Waals surface area (Å²) in [6.07, 6.45) is 4.73. The van der Waals surface area contributed by atoms with Gasteiger partial charge in [-0.15, -0.1) is 11.8 Å². The Labute approximate surface area is 211 Å². The third-order valence-electron chi connectivity index (χ3n) is 5.89. The molecule has 35 heavy (non-hydrogen) atoms. The normalized spacial score (nSPS) is 11.5. The largest absolute Gasteiger partial charge is 0.372 e. The number of nitrogens with one attached hydrogen (secondary N) is 2. The number of halogens is 1. The Morgan fingerprint density at radius 3 is 2.51 bits per heavy atom. The first kappa shape index (κ1) is 26.3. The van der Waals surface area contributed by atoms with Crippen molar-refractivity contribution in [2.24, 2.45) is 0 Å². The molecule has 0 saturated carbocycles. The molecule has 0 bridgehead atoms. The molecule has 0 heterocycles. The number of hydrogen-bond acceptors (Lipinski definition) is 4. The van der Waals surface area contributed by atoms with E-state index < -0.39 is 12.1 Å². The fourth-order valence-corrected chi connectivity index (χ4v) is 4.49. The first-order valence-electron chi connectivity index (χ1n) is 11.7. The van der Waals surface area contributed by atoms with E-state index in [1.165, 1.54) is 5.56 Å². The van der Waals surface area contributed by atoms with Crippen molar-refractivity contribution in [1.82, 2.24) is 5.32 Å². The Morgan fingerprint density at radius 2 is 1.86 bits per heavy atom. The second-order valence-electron chi connectivity index (χ2n) is 8.32. The number of thioether (sulfide) groups is 1. The number of hydrogen-bond donors (Lipinski definition) is 2. The van der Waals surface area contributed by atoms with Crippen LogP contribution in [0.25, 0.3) is 11.1 Å². The lowest BCUT2D eigenvalue weighted by Crippen LogP contribution is -2.39. The number of aldehydes is 1. The molecule has 184 valence electrons. The number of aryl methyl sites for hydroxylation is 1. The number of carbonyl (C=O) groups is 2. The van der Waals surface area contributed by atoms with E-state index in [4.69, 9.17) is 0 Å². The van der Waals surface area contributed by atoms with Crippen LogP contribution in [-0.4, -0.2) is 38.2 Å². The third-order valence-corrected chi connectivity index (χ3v) is 6.68. The van der Waals surface area contributed by atoms with Crippen LogP contribution in [0.4, 0.5) is 20.6 Å². The van der Waals surface area contributed by atoms with Crippen molar-refractivity contribution in [1.29, 1.82) is 0 Å². The smallest absolute Gasteiger partial charge is 0.319 e. The maximum Gasteiger partial charge on any atom is 0.319 e. The van der Waals surface area contributed by atoms with E-state index in [2.05, 4.69) is 17.6 Å². The molecule has 3 aromatic rings. The number of urea groups is 1. The molecular formula is C28H32FN3O2S. The highest BCUT2D eigenvalue weighted by molar-refractivity contribution is 7.98. The average Bonchev–Trinajstić information content (AvgIpc) is 2.88. The van der Waals surface area contributed by atoms with Crippen molar-refractivity contribution in [2.45, 2.75) is 37.1 Å². The van der Waals surface area contributed by atoms with Crippen molar-refractivity contribution >= 4 is 35.5 Å². The van der Waals surface area contributed by atoms with Gasteiger partial charge in [-0.2, -0.15) is 0 Å². The first-order valence-corrected chi connectivity index (χ1v) is 12.9. The molecule has 2 N–H and O–H groups in total. The molecule has 3 aromatic carbocycles. The van der Waals surface area contributed by atoms with E-state index in [-0.39, 0.29) is 5.82 Å². The van der Waals surface area contributed by atoms with E-state index >= 15 is 0 Å². The molecule has 3 rings (SSSR count). The van der Waals surface area contributed by atoms with E-state index in [1.54, 1.807) is 23.9 Å². The van der Waals surface area contributed by atoms with E-state index in [1.807, 2.05) is 72.8 Å². The zero-order chi connectivity index (χ0) is 25.2. The summed E-state index contributed by atoms with van der Waals surface area (Å²) in [5.74, 6) is -0.292. The van der Waals surface area contributed by atoms with Gasteiger partial charge in [-0.25, -0.2) is 9.18 Å². The summed E-state index contributed by atoms with van der Waals surface area (Å²) in [5.41, 5.74) is 4.20. The molecule has 0 spiro atoms. The molecule has 0 aliphatic heterocycles. The minimum absolute atomic E-state index is 0.292. The Balaban J connectivity index is 1.52. The van der Waals surface area contributed by atoms with E-state index in [0.717, 1.165) is 28.7 Å². The van der Waals surface area contributed by atoms with Crippen molar-refractivity contribution in [3.8, 4) is 11.1 Å². The summed E-state index contributed by atoms with van der Waals surface area (Å²) in [6.45, 7) is 2.61. The van der Waals surface area contributed by atoms with Crippen LogP contribution in [0, 0.1) is 5.82 Å². The summed E-state index contributed by atoms with van der Waals surface area (Å²) >= 11 is 1.63. The number of rotatable bonds is 11. The molecule has 0 radical (unpaired) electrons. The Kier molecular flexibility index (Phi) is 9.73. The molecule has 7 heteroatoms. The minimum Gasteiger partial charge on any atom is -0.372 e. The lowest BCUT2D eigenvalue weighted by molar-refractivity contribution is -0.109. The van der Waals surface area contributed by atoms with Crippen LogP contribution in [-0.2, 0) is 11.2 Å². The predicted molar refractivity (Wildman–Crippen MR) is 144 cm³/mol. The molecule has 0 aliphatic carbocycles. The Bertz CT molecular complexity index is 1140. The lowest BCUT2D eigenvalue weighted by atomic mass is 10.0. The maximum atomic E-state index is 14.9. The van der Waals surface area contributed by atoms with Crippen LogP contribution >= 0.6 is 11.8 Å². The summed E-state index contributed by atoms with van der Waals surface area (Å²) in [4.78, 5) is 26.7. The lowest BCUT2D eigenvalue weighted by Gasteiger charge is -2.22. The van der Waals surface area contributed by atoms with E-state index in [9.17, 15) is 14.0 Å².